The Morgan fingerprint density at radius 1 is 1.03 bits per heavy atom. The van der Waals surface area contributed by atoms with E-state index in [9.17, 15) is 9.59 Å². The van der Waals surface area contributed by atoms with E-state index in [1.54, 1.807) is 24.5 Å². The van der Waals surface area contributed by atoms with Gasteiger partial charge in [-0.05, 0) is 37.1 Å². The summed E-state index contributed by atoms with van der Waals surface area (Å²) in [5.74, 6) is -0.0507. The molecule has 0 unspecified atom stereocenters. The van der Waals surface area contributed by atoms with E-state index in [1.807, 2.05) is 18.2 Å². The largest absolute Gasteiger partial charge is 0.467 e. The summed E-state index contributed by atoms with van der Waals surface area (Å²) < 4.78 is 16.2. The molecule has 8 nitrogen and oxygen atoms in total. The summed E-state index contributed by atoms with van der Waals surface area (Å²) in [4.78, 5) is 27.7. The number of furan rings is 1. The molecule has 1 saturated heterocycles. The molecule has 2 fully saturated rings. The van der Waals surface area contributed by atoms with Crippen molar-refractivity contribution in [1.29, 1.82) is 0 Å². The van der Waals surface area contributed by atoms with E-state index in [0.29, 0.717) is 24.3 Å². The minimum absolute atomic E-state index is 0.0237. The van der Waals surface area contributed by atoms with Crippen molar-refractivity contribution in [3.05, 3.63) is 54.0 Å². The fourth-order valence-electron chi connectivity index (χ4n) is 4.79. The number of esters is 1. The maximum atomic E-state index is 12.7. The Bertz CT molecular complexity index is 903. The molecule has 33 heavy (non-hydrogen) atoms. The molecule has 1 aliphatic heterocycles. The number of carbonyl (C=O) groups excluding carboxylic acids is 2. The Morgan fingerprint density at radius 3 is 2.58 bits per heavy atom. The van der Waals surface area contributed by atoms with Crippen molar-refractivity contribution in [3.63, 3.8) is 0 Å². The van der Waals surface area contributed by atoms with Crippen LogP contribution in [-0.4, -0.2) is 61.8 Å². The van der Waals surface area contributed by atoms with Crippen LogP contribution in [0.5, 0.6) is 0 Å². The lowest BCUT2D eigenvalue weighted by Crippen LogP contribution is -2.59. The molecule has 8 heteroatoms. The molecule has 0 radical (unpaired) electrons. The second kappa shape index (κ2) is 11.3. The van der Waals surface area contributed by atoms with Gasteiger partial charge in [-0.15, -0.1) is 0 Å². The number of hydrogen-bond acceptors (Lipinski definition) is 7. The SMILES string of the molecule is O=C(COC(=O)c1ccccc1NCc1ccco1)NCC1(N2CCOCC2)CCCCC1. The first-order valence-corrected chi connectivity index (χ1v) is 11.8. The van der Waals surface area contributed by atoms with Gasteiger partial charge in [0.1, 0.15) is 5.76 Å². The number of nitrogens with one attached hydrogen (secondary N) is 2. The van der Waals surface area contributed by atoms with Gasteiger partial charge in [-0.2, -0.15) is 0 Å². The normalized spacial score (nSPS) is 18.4. The molecule has 4 rings (SSSR count). The van der Waals surface area contributed by atoms with Crippen molar-refractivity contribution in [2.45, 2.75) is 44.2 Å². The van der Waals surface area contributed by atoms with Crippen LogP contribution in [0.1, 0.15) is 48.2 Å². The Kier molecular flexibility index (Phi) is 8.01. The van der Waals surface area contributed by atoms with Gasteiger partial charge >= 0.3 is 5.97 Å². The predicted molar refractivity (Wildman–Crippen MR) is 124 cm³/mol. The Balaban J connectivity index is 1.29. The van der Waals surface area contributed by atoms with E-state index >= 15 is 0 Å². The summed E-state index contributed by atoms with van der Waals surface area (Å²) in [5, 5.41) is 6.21. The highest BCUT2D eigenvalue weighted by atomic mass is 16.5. The summed E-state index contributed by atoms with van der Waals surface area (Å²) in [6, 6.07) is 10.8. The van der Waals surface area contributed by atoms with E-state index in [0.717, 1.165) is 44.9 Å². The highest BCUT2D eigenvalue weighted by Crippen LogP contribution is 2.33. The van der Waals surface area contributed by atoms with Gasteiger partial charge in [-0.25, -0.2) is 4.79 Å². The number of morpholine rings is 1. The molecule has 1 saturated carbocycles. The molecule has 1 aromatic heterocycles. The van der Waals surface area contributed by atoms with E-state index in [4.69, 9.17) is 13.9 Å². The van der Waals surface area contributed by atoms with Crippen LogP contribution in [0.4, 0.5) is 5.69 Å². The second-order valence-corrected chi connectivity index (χ2v) is 8.72. The average molecular weight is 456 g/mol. The summed E-state index contributed by atoms with van der Waals surface area (Å²) >= 11 is 0. The Morgan fingerprint density at radius 2 is 1.82 bits per heavy atom. The minimum atomic E-state index is -0.534. The van der Waals surface area contributed by atoms with Crippen LogP contribution in [0, 0.1) is 0 Å². The van der Waals surface area contributed by atoms with E-state index < -0.39 is 5.97 Å². The third-order valence-electron chi connectivity index (χ3n) is 6.60. The number of amides is 1. The van der Waals surface area contributed by atoms with Crippen molar-refractivity contribution in [1.82, 2.24) is 10.2 Å². The molecule has 0 atom stereocenters. The zero-order valence-electron chi connectivity index (χ0n) is 19.0. The molecule has 0 bridgehead atoms. The van der Waals surface area contributed by atoms with Crippen LogP contribution >= 0.6 is 0 Å². The van der Waals surface area contributed by atoms with Crippen molar-refractivity contribution in [3.8, 4) is 0 Å². The van der Waals surface area contributed by atoms with Crippen LogP contribution in [-0.2, 0) is 20.8 Å². The quantitative estimate of drug-likeness (QED) is 0.561. The Hall–Kier alpha value is -2.84. The molecule has 2 aromatic rings. The molecule has 1 aromatic carbocycles. The van der Waals surface area contributed by atoms with Gasteiger partial charge < -0.3 is 24.5 Å². The third-order valence-corrected chi connectivity index (χ3v) is 6.60. The summed E-state index contributed by atoms with van der Waals surface area (Å²) in [5.41, 5.74) is 0.992. The number of nitrogens with zero attached hydrogens (tertiary/aromatic N) is 1. The van der Waals surface area contributed by atoms with Crippen molar-refractivity contribution in [2.75, 3.05) is 44.8 Å². The van der Waals surface area contributed by atoms with Crippen LogP contribution in [0.2, 0.25) is 0 Å². The number of benzene rings is 1. The van der Waals surface area contributed by atoms with Crippen molar-refractivity contribution >= 4 is 17.6 Å². The van der Waals surface area contributed by atoms with Crippen molar-refractivity contribution < 1.29 is 23.5 Å². The summed E-state index contributed by atoms with van der Waals surface area (Å²) in [6.45, 7) is 3.98. The average Bonchev–Trinajstić information content (AvgIpc) is 3.40. The minimum Gasteiger partial charge on any atom is -0.467 e. The second-order valence-electron chi connectivity index (χ2n) is 8.72. The van der Waals surface area contributed by atoms with Crippen LogP contribution in [0.15, 0.2) is 47.1 Å². The number of ether oxygens (including phenoxy) is 2. The zero-order chi connectivity index (χ0) is 22.9. The first kappa shape index (κ1) is 23.3. The van der Waals surface area contributed by atoms with Gasteiger partial charge in [0.05, 0.1) is 31.6 Å². The number of rotatable bonds is 9. The lowest BCUT2D eigenvalue weighted by Gasteiger charge is -2.48. The highest BCUT2D eigenvalue weighted by Gasteiger charge is 2.38. The highest BCUT2D eigenvalue weighted by molar-refractivity contribution is 5.96. The first-order chi connectivity index (χ1) is 16.2. The van der Waals surface area contributed by atoms with E-state index in [2.05, 4.69) is 15.5 Å². The monoisotopic (exact) mass is 455 g/mol. The summed E-state index contributed by atoms with van der Waals surface area (Å²) in [6.07, 6.45) is 7.33. The van der Waals surface area contributed by atoms with Crippen LogP contribution in [0.25, 0.3) is 0 Å². The van der Waals surface area contributed by atoms with E-state index in [-0.39, 0.29) is 18.1 Å². The van der Waals surface area contributed by atoms with Crippen LogP contribution < -0.4 is 10.6 Å². The van der Waals surface area contributed by atoms with Gasteiger partial charge in [0.2, 0.25) is 0 Å². The number of anilines is 1. The fourth-order valence-corrected chi connectivity index (χ4v) is 4.79. The number of hydrogen-bond donors (Lipinski definition) is 2. The van der Waals surface area contributed by atoms with Crippen molar-refractivity contribution in [2.24, 2.45) is 0 Å². The first-order valence-electron chi connectivity index (χ1n) is 11.8. The molecule has 2 aliphatic rings. The maximum absolute atomic E-state index is 12.7. The van der Waals surface area contributed by atoms with Crippen LogP contribution in [0.3, 0.4) is 0 Å². The molecule has 178 valence electrons. The Labute approximate surface area is 194 Å². The third kappa shape index (κ3) is 6.15. The molecule has 0 spiro atoms. The molecule has 2 N–H and O–H groups in total. The molecule has 2 heterocycles. The molecular weight excluding hydrogens is 422 g/mol. The number of carbonyl (C=O) groups is 2. The van der Waals surface area contributed by atoms with Gasteiger partial charge in [0.15, 0.2) is 6.61 Å². The molecule has 1 aliphatic carbocycles. The zero-order valence-corrected chi connectivity index (χ0v) is 19.0. The van der Waals surface area contributed by atoms with Gasteiger partial charge in [-0.1, -0.05) is 31.4 Å². The lowest BCUT2D eigenvalue weighted by molar-refractivity contribution is -0.125. The van der Waals surface area contributed by atoms with Gasteiger partial charge in [0.25, 0.3) is 5.91 Å². The van der Waals surface area contributed by atoms with Gasteiger partial charge in [-0.3, -0.25) is 9.69 Å². The topological polar surface area (TPSA) is 93.0 Å². The molecular formula is C25H33N3O5. The smallest absolute Gasteiger partial charge is 0.340 e. The lowest BCUT2D eigenvalue weighted by atomic mass is 9.79. The standard InChI is InChI=1S/C25H33N3O5/c29-23(27-19-25(10-4-1-5-11-25)28-12-15-31-16-13-28)18-33-24(30)21-8-2-3-9-22(21)26-17-20-7-6-14-32-20/h2-3,6-9,14,26H,1,4-5,10-13,15-19H2,(H,27,29). The predicted octanol–water partition coefficient (Wildman–Crippen LogP) is 3.20. The molecule has 1 amide bonds. The summed E-state index contributed by atoms with van der Waals surface area (Å²) in [7, 11) is 0. The van der Waals surface area contributed by atoms with Gasteiger partial charge in [0, 0.05) is 30.9 Å². The maximum Gasteiger partial charge on any atom is 0.340 e. The van der Waals surface area contributed by atoms with E-state index in [1.165, 1.54) is 19.3 Å². The number of para-hydroxylation sites is 1. The fraction of sp³-hybridized carbons (Fsp3) is 0.520.